The zero-order valence-corrected chi connectivity index (χ0v) is 9.41. The van der Waals surface area contributed by atoms with Gasteiger partial charge in [0, 0.05) is 0 Å². The van der Waals surface area contributed by atoms with Crippen molar-refractivity contribution >= 4 is 22.9 Å². The molecule has 0 aliphatic heterocycles. The van der Waals surface area contributed by atoms with Gasteiger partial charge in [-0.15, -0.1) is 0 Å². The maximum atomic E-state index is 13.2. The molecule has 2 aromatic rings. The summed E-state index contributed by atoms with van der Waals surface area (Å²) in [5.41, 5.74) is 1.43. The van der Waals surface area contributed by atoms with E-state index in [2.05, 4.69) is 10.4 Å². The van der Waals surface area contributed by atoms with E-state index < -0.39 is 11.7 Å². The van der Waals surface area contributed by atoms with Gasteiger partial charge < -0.3 is 5.32 Å². The van der Waals surface area contributed by atoms with E-state index in [-0.39, 0.29) is 17.1 Å². The molecular formula is C10H8FN3O2S. The van der Waals surface area contributed by atoms with Gasteiger partial charge >= 0.3 is 4.87 Å². The minimum absolute atomic E-state index is 0.0841. The quantitative estimate of drug-likeness (QED) is 0.890. The zero-order valence-electron chi connectivity index (χ0n) is 8.59. The molecule has 1 N–H and O–H groups in total. The lowest BCUT2D eigenvalue weighted by Gasteiger charge is -2.05. The second kappa shape index (κ2) is 4.88. The van der Waals surface area contributed by atoms with Gasteiger partial charge in [-0.1, -0.05) is 23.5 Å². The van der Waals surface area contributed by atoms with E-state index in [1.165, 1.54) is 23.7 Å². The fraction of sp³-hybridized carbons (Fsp3) is 0.100. The van der Waals surface area contributed by atoms with E-state index in [0.29, 0.717) is 0 Å². The highest BCUT2D eigenvalue weighted by Gasteiger charge is 2.08. The number of nitrogens with zero attached hydrogens (tertiary/aromatic N) is 2. The molecule has 0 saturated heterocycles. The molecule has 0 atom stereocenters. The fourth-order valence-electron chi connectivity index (χ4n) is 1.23. The number of rotatable bonds is 3. The molecule has 1 amide bonds. The molecule has 1 aromatic heterocycles. The number of aromatic nitrogens is 2. The first-order chi connectivity index (χ1) is 8.16. The van der Waals surface area contributed by atoms with Gasteiger partial charge in [-0.05, 0) is 12.1 Å². The molecule has 0 bridgehead atoms. The molecular weight excluding hydrogens is 245 g/mol. The summed E-state index contributed by atoms with van der Waals surface area (Å²) < 4.78 is 14.2. The Balaban J connectivity index is 2.06. The first-order valence-electron chi connectivity index (χ1n) is 4.72. The number of para-hydroxylation sites is 1. The normalized spacial score (nSPS) is 10.2. The molecule has 2 rings (SSSR count). The van der Waals surface area contributed by atoms with Gasteiger partial charge in [-0.25, -0.2) is 9.07 Å². The highest BCUT2D eigenvalue weighted by molar-refractivity contribution is 7.06. The molecule has 0 spiro atoms. The number of carbonyl (C=O) groups excluding carboxylic acids is 1. The van der Waals surface area contributed by atoms with Crippen molar-refractivity contribution in [2.75, 3.05) is 5.32 Å². The Morgan fingerprint density at radius 2 is 2.24 bits per heavy atom. The van der Waals surface area contributed by atoms with Crippen LogP contribution in [0.15, 0.2) is 34.6 Å². The predicted octanol–water partition coefficient (Wildman–Crippen LogP) is 1.08. The Hall–Kier alpha value is -2.02. The van der Waals surface area contributed by atoms with Crippen LogP contribution in [-0.4, -0.2) is 15.7 Å². The van der Waals surface area contributed by atoms with Crippen molar-refractivity contribution in [3.8, 4) is 0 Å². The van der Waals surface area contributed by atoms with Gasteiger partial charge in [0.2, 0.25) is 5.91 Å². The highest BCUT2D eigenvalue weighted by atomic mass is 32.1. The summed E-state index contributed by atoms with van der Waals surface area (Å²) in [6, 6.07) is 5.81. The average Bonchev–Trinajstić information content (AvgIpc) is 2.68. The molecule has 0 aliphatic carbocycles. The van der Waals surface area contributed by atoms with E-state index in [1.807, 2.05) is 0 Å². The van der Waals surface area contributed by atoms with Gasteiger partial charge in [0.1, 0.15) is 17.9 Å². The fourth-order valence-corrected chi connectivity index (χ4v) is 1.71. The smallest absolute Gasteiger partial charge is 0.322 e. The van der Waals surface area contributed by atoms with E-state index >= 15 is 0 Å². The van der Waals surface area contributed by atoms with Crippen LogP contribution in [0.5, 0.6) is 0 Å². The average molecular weight is 253 g/mol. The van der Waals surface area contributed by atoms with Gasteiger partial charge in [-0.2, -0.15) is 5.10 Å². The molecule has 5 nitrogen and oxygen atoms in total. The number of halogens is 1. The first kappa shape index (κ1) is 11.5. The van der Waals surface area contributed by atoms with E-state index in [9.17, 15) is 14.0 Å². The maximum Gasteiger partial charge on any atom is 0.325 e. The molecule has 0 aliphatic rings. The van der Waals surface area contributed by atoms with Crippen molar-refractivity contribution in [2.45, 2.75) is 6.54 Å². The van der Waals surface area contributed by atoms with Crippen LogP contribution in [0.1, 0.15) is 0 Å². The minimum Gasteiger partial charge on any atom is -0.322 e. The van der Waals surface area contributed by atoms with Crippen molar-refractivity contribution in [3.05, 3.63) is 45.3 Å². The summed E-state index contributed by atoms with van der Waals surface area (Å²) >= 11 is 0.898. The second-order valence-electron chi connectivity index (χ2n) is 3.19. The first-order valence-corrected chi connectivity index (χ1v) is 5.60. The molecule has 0 fully saturated rings. The lowest BCUT2D eigenvalue weighted by molar-refractivity contribution is -0.117. The molecule has 1 aromatic carbocycles. The molecule has 17 heavy (non-hydrogen) atoms. The molecule has 0 unspecified atom stereocenters. The van der Waals surface area contributed by atoms with Crippen molar-refractivity contribution in [3.63, 3.8) is 0 Å². The predicted molar refractivity (Wildman–Crippen MR) is 61.4 cm³/mol. The van der Waals surface area contributed by atoms with Gasteiger partial charge in [0.05, 0.1) is 5.69 Å². The summed E-state index contributed by atoms with van der Waals surface area (Å²) in [7, 11) is 0. The Bertz CT molecular complexity index is 593. The summed E-state index contributed by atoms with van der Waals surface area (Å²) in [5.74, 6) is -1.02. The number of anilines is 1. The highest BCUT2D eigenvalue weighted by Crippen LogP contribution is 2.11. The third-order valence-electron chi connectivity index (χ3n) is 1.99. The summed E-state index contributed by atoms with van der Waals surface area (Å²) in [6.45, 7) is -0.226. The van der Waals surface area contributed by atoms with Gasteiger partial charge in [0.25, 0.3) is 0 Å². The molecule has 7 heteroatoms. The number of hydrogen-bond acceptors (Lipinski definition) is 4. The second-order valence-corrected chi connectivity index (χ2v) is 3.99. The zero-order chi connectivity index (χ0) is 12.3. The van der Waals surface area contributed by atoms with Crippen molar-refractivity contribution in [1.82, 2.24) is 9.78 Å². The number of benzene rings is 1. The van der Waals surface area contributed by atoms with Crippen LogP contribution in [0.4, 0.5) is 10.1 Å². The molecule has 0 saturated carbocycles. The number of nitrogens with one attached hydrogen (secondary N) is 1. The molecule has 88 valence electrons. The Morgan fingerprint density at radius 1 is 1.47 bits per heavy atom. The van der Waals surface area contributed by atoms with Crippen molar-refractivity contribution in [2.24, 2.45) is 0 Å². The summed E-state index contributed by atoms with van der Waals surface area (Å²) in [5, 5.41) is 6.05. The number of hydrogen-bond donors (Lipinski definition) is 1. The largest absolute Gasteiger partial charge is 0.325 e. The van der Waals surface area contributed by atoms with Gasteiger partial charge in [-0.3, -0.25) is 9.59 Å². The molecule has 1 heterocycles. The summed E-state index contributed by atoms with van der Waals surface area (Å²) in [6.07, 6.45) is 0. The van der Waals surface area contributed by atoms with E-state index in [0.717, 1.165) is 16.0 Å². The minimum atomic E-state index is -0.522. The summed E-state index contributed by atoms with van der Waals surface area (Å²) in [4.78, 5) is 22.3. The van der Waals surface area contributed by atoms with Crippen LogP contribution in [0.25, 0.3) is 0 Å². The number of amides is 1. The Morgan fingerprint density at radius 3 is 2.88 bits per heavy atom. The topological polar surface area (TPSA) is 64.0 Å². The SMILES string of the molecule is O=C(Cn1ncsc1=O)Nc1ccccc1F. The van der Waals surface area contributed by atoms with Crippen molar-refractivity contribution < 1.29 is 9.18 Å². The Labute approximate surface area is 99.5 Å². The third kappa shape index (κ3) is 2.76. The van der Waals surface area contributed by atoms with Crippen LogP contribution >= 0.6 is 11.3 Å². The standard InChI is InChI=1S/C10H8FN3O2S/c11-7-3-1-2-4-8(7)13-9(15)5-14-10(16)17-6-12-14/h1-4,6H,5H2,(H,13,15). The van der Waals surface area contributed by atoms with Gasteiger partial charge in [0.15, 0.2) is 0 Å². The van der Waals surface area contributed by atoms with Crippen LogP contribution in [0.2, 0.25) is 0 Å². The van der Waals surface area contributed by atoms with E-state index in [4.69, 9.17) is 0 Å². The van der Waals surface area contributed by atoms with Crippen LogP contribution < -0.4 is 10.2 Å². The molecule has 0 radical (unpaired) electrons. The number of carbonyl (C=O) groups is 1. The van der Waals surface area contributed by atoms with Crippen LogP contribution in [0.3, 0.4) is 0 Å². The van der Waals surface area contributed by atoms with Crippen LogP contribution in [-0.2, 0) is 11.3 Å². The maximum absolute atomic E-state index is 13.2. The van der Waals surface area contributed by atoms with Crippen molar-refractivity contribution in [1.29, 1.82) is 0 Å². The van der Waals surface area contributed by atoms with Crippen LogP contribution in [0, 0.1) is 5.82 Å². The monoisotopic (exact) mass is 253 g/mol. The lowest BCUT2D eigenvalue weighted by Crippen LogP contribution is -2.25. The Kier molecular flexibility index (Phi) is 3.29. The van der Waals surface area contributed by atoms with E-state index in [1.54, 1.807) is 6.07 Å². The lowest BCUT2D eigenvalue weighted by atomic mass is 10.3. The third-order valence-corrected chi connectivity index (χ3v) is 2.60.